The molecule has 5 heteroatoms. The molecule has 1 amide bonds. The van der Waals surface area contributed by atoms with Crippen LogP contribution in [0.2, 0.25) is 0 Å². The maximum absolute atomic E-state index is 12.4. The van der Waals surface area contributed by atoms with Gasteiger partial charge in [-0.05, 0) is 12.8 Å². The molecule has 1 aliphatic heterocycles. The minimum atomic E-state index is -0.181. The summed E-state index contributed by atoms with van der Waals surface area (Å²) in [5.41, 5.74) is 1.91. The molecule has 2 aromatic heterocycles. The largest absolute Gasteiger partial charge is 0.463 e. The number of amides is 1. The number of hydrogen-bond acceptors (Lipinski definition) is 3. The first-order valence-electron chi connectivity index (χ1n) is 6.58. The van der Waals surface area contributed by atoms with Gasteiger partial charge in [0.25, 0.3) is 5.91 Å². The number of aliphatic hydroxyl groups is 1. The topological polar surface area (TPSA) is 69.5 Å². The number of carbonyl (C=O) groups excluding carboxylic acids is 1. The van der Waals surface area contributed by atoms with E-state index >= 15 is 0 Å². The molecule has 0 radical (unpaired) electrons. The van der Waals surface area contributed by atoms with Crippen molar-refractivity contribution in [2.24, 2.45) is 5.41 Å². The van der Waals surface area contributed by atoms with Gasteiger partial charge in [-0.15, -0.1) is 0 Å². The average Bonchev–Trinajstić information content (AvgIpc) is 2.98. The Morgan fingerprint density at radius 2 is 2.47 bits per heavy atom. The summed E-state index contributed by atoms with van der Waals surface area (Å²) in [7, 11) is 0. The average molecular weight is 262 g/mol. The molecular weight excluding hydrogens is 244 g/mol. The normalized spacial score (nSPS) is 24.0. The van der Waals surface area contributed by atoms with Gasteiger partial charge in [-0.3, -0.25) is 4.79 Å². The highest BCUT2D eigenvalue weighted by atomic mass is 16.3. The Kier molecular flexibility index (Phi) is 2.86. The van der Waals surface area contributed by atoms with Crippen molar-refractivity contribution >= 4 is 17.0 Å². The smallest absolute Gasteiger partial charge is 0.270 e. The summed E-state index contributed by atoms with van der Waals surface area (Å²) in [6, 6.07) is 3.54. The van der Waals surface area contributed by atoms with Gasteiger partial charge in [0.05, 0.1) is 18.4 Å². The molecule has 19 heavy (non-hydrogen) atoms. The number of hydrogen-bond donors (Lipinski definition) is 2. The van der Waals surface area contributed by atoms with Gasteiger partial charge in [-0.25, -0.2) is 0 Å². The summed E-state index contributed by atoms with van der Waals surface area (Å²) in [4.78, 5) is 17.3. The Morgan fingerprint density at radius 1 is 1.63 bits per heavy atom. The van der Waals surface area contributed by atoms with Crippen molar-refractivity contribution in [1.29, 1.82) is 0 Å². The highest BCUT2D eigenvalue weighted by molar-refractivity contribution is 5.96. The van der Waals surface area contributed by atoms with Gasteiger partial charge in [0.1, 0.15) is 5.69 Å². The van der Waals surface area contributed by atoms with Crippen molar-refractivity contribution in [3.8, 4) is 0 Å². The molecule has 1 saturated heterocycles. The van der Waals surface area contributed by atoms with Gasteiger partial charge >= 0.3 is 0 Å². The fourth-order valence-corrected chi connectivity index (χ4v) is 2.75. The van der Waals surface area contributed by atoms with E-state index in [4.69, 9.17) is 4.42 Å². The summed E-state index contributed by atoms with van der Waals surface area (Å²) < 4.78 is 5.26. The first kappa shape index (κ1) is 12.3. The molecule has 3 heterocycles. The molecule has 102 valence electrons. The maximum Gasteiger partial charge on any atom is 0.270 e. The van der Waals surface area contributed by atoms with E-state index in [9.17, 15) is 9.90 Å². The molecule has 2 aromatic rings. The van der Waals surface area contributed by atoms with Crippen LogP contribution in [0.4, 0.5) is 0 Å². The van der Waals surface area contributed by atoms with Crippen molar-refractivity contribution in [3.63, 3.8) is 0 Å². The zero-order chi connectivity index (χ0) is 13.5. The number of aliphatic hydroxyl groups excluding tert-OH is 1. The van der Waals surface area contributed by atoms with Crippen LogP contribution in [0.5, 0.6) is 0 Å². The monoisotopic (exact) mass is 262 g/mol. The van der Waals surface area contributed by atoms with Crippen molar-refractivity contribution in [1.82, 2.24) is 9.88 Å². The molecule has 1 atom stereocenters. The lowest BCUT2D eigenvalue weighted by molar-refractivity contribution is 0.0354. The number of H-pyrrole nitrogens is 1. The van der Waals surface area contributed by atoms with Crippen LogP contribution < -0.4 is 0 Å². The van der Waals surface area contributed by atoms with Crippen LogP contribution in [0, 0.1) is 5.41 Å². The second-order valence-electron chi connectivity index (χ2n) is 5.68. The third kappa shape index (κ3) is 2.14. The molecule has 1 aliphatic rings. The second-order valence-corrected chi connectivity index (χ2v) is 5.68. The maximum atomic E-state index is 12.4. The molecule has 0 spiro atoms. The SMILES string of the molecule is CC1(CO)CCCN(C(=O)c2cc3occc3[nH]2)C1. The zero-order valence-electron chi connectivity index (χ0n) is 11.0. The Labute approximate surface area is 111 Å². The van der Waals surface area contributed by atoms with Gasteiger partial charge in [0.15, 0.2) is 5.58 Å². The number of piperidine rings is 1. The lowest BCUT2D eigenvalue weighted by Crippen LogP contribution is -2.46. The number of aromatic amines is 1. The molecule has 0 saturated carbocycles. The molecule has 5 nitrogen and oxygen atoms in total. The van der Waals surface area contributed by atoms with Crippen LogP contribution in [0.15, 0.2) is 22.8 Å². The predicted molar refractivity (Wildman–Crippen MR) is 70.9 cm³/mol. The number of furan rings is 1. The van der Waals surface area contributed by atoms with E-state index in [1.807, 2.05) is 11.8 Å². The number of likely N-dealkylation sites (tertiary alicyclic amines) is 1. The highest BCUT2D eigenvalue weighted by Crippen LogP contribution is 2.29. The lowest BCUT2D eigenvalue weighted by atomic mass is 9.83. The van der Waals surface area contributed by atoms with Crippen molar-refractivity contribution < 1.29 is 14.3 Å². The van der Waals surface area contributed by atoms with E-state index < -0.39 is 0 Å². The van der Waals surface area contributed by atoms with E-state index in [1.54, 1.807) is 18.4 Å². The summed E-state index contributed by atoms with van der Waals surface area (Å²) in [5.74, 6) is -0.0224. The van der Waals surface area contributed by atoms with Crippen LogP contribution >= 0.6 is 0 Å². The van der Waals surface area contributed by atoms with Crippen molar-refractivity contribution in [3.05, 3.63) is 24.1 Å². The number of nitrogens with zero attached hydrogens (tertiary/aromatic N) is 1. The minimum Gasteiger partial charge on any atom is -0.463 e. The second kappa shape index (κ2) is 4.42. The number of aromatic nitrogens is 1. The lowest BCUT2D eigenvalue weighted by Gasteiger charge is -2.39. The van der Waals surface area contributed by atoms with Crippen molar-refractivity contribution in [2.45, 2.75) is 19.8 Å². The third-order valence-corrected chi connectivity index (χ3v) is 3.92. The summed E-state index contributed by atoms with van der Waals surface area (Å²) >= 11 is 0. The first-order chi connectivity index (χ1) is 9.11. The van der Waals surface area contributed by atoms with Gasteiger partial charge in [-0.1, -0.05) is 6.92 Å². The summed E-state index contributed by atoms with van der Waals surface area (Å²) in [6.45, 7) is 3.48. The Bertz CT molecular complexity index is 572. The number of nitrogens with one attached hydrogen (secondary N) is 1. The standard InChI is InChI=1S/C14H18N2O3/c1-14(9-17)4-2-5-16(8-14)13(18)11-7-12-10(15-11)3-6-19-12/h3,6-7,15,17H,2,4-5,8-9H2,1H3. The Balaban J connectivity index is 1.81. The first-order valence-corrected chi connectivity index (χ1v) is 6.58. The van der Waals surface area contributed by atoms with Gasteiger partial charge in [-0.2, -0.15) is 0 Å². The minimum absolute atomic E-state index is 0.0224. The van der Waals surface area contributed by atoms with Crippen LogP contribution in [0.1, 0.15) is 30.3 Å². The van der Waals surface area contributed by atoms with Gasteiger partial charge < -0.3 is 19.4 Å². The summed E-state index contributed by atoms with van der Waals surface area (Å²) in [6.07, 6.45) is 3.49. The van der Waals surface area contributed by atoms with E-state index in [1.165, 1.54) is 0 Å². The fourth-order valence-electron chi connectivity index (χ4n) is 2.75. The molecule has 1 unspecified atom stereocenters. The van der Waals surface area contributed by atoms with E-state index in [-0.39, 0.29) is 17.9 Å². The number of rotatable bonds is 2. The highest BCUT2D eigenvalue weighted by Gasteiger charge is 2.33. The number of carbonyl (C=O) groups is 1. The van der Waals surface area contributed by atoms with Gasteiger partial charge in [0, 0.05) is 30.6 Å². The third-order valence-electron chi connectivity index (χ3n) is 3.92. The quantitative estimate of drug-likeness (QED) is 0.869. The predicted octanol–water partition coefficient (Wildman–Crippen LogP) is 2.00. The zero-order valence-corrected chi connectivity index (χ0v) is 11.0. The number of fused-ring (bicyclic) bond motifs is 1. The molecule has 2 N–H and O–H groups in total. The molecule has 3 rings (SSSR count). The fraction of sp³-hybridized carbons (Fsp3) is 0.500. The van der Waals surface area contributed by atoms with E-state index in [2.05, 4.69) is 4.98 Å². The van der Waals surface area contributed by atoms with Crippen LogP contribution in [0.3, 0.4) is 0 Å². The van der Waals surface area contributed by atoms with E-state index in [0.717, 1.165) is 24.9 Å². The Hall–Kier alpha value is -1.75. The van der Waals surface area contributed by atoms with Crippen LogP contribution in [-0.2, 0) is 0 Å². The van der Waals surface area contributed by atoms with Crippen LogP contribution in [-0.4, -0.2) is 40.6 Å². The summed E-state index contributed by atoms with van der Waals surface area (Å²) in [5, 5.41) is 9.44. The van der Waals surface area contributed by atoms with Crippen LogP contribution in [0.25, 0.3) is 11.1 Å². The van der Waals surface area contributed by atoms with E-state index in [0.29, 0.717) is 17.8 Å². The molecule has 0 bridgehead atoms. The van der Waals surface area contributed by atoms with Gasteiger partial charge in [0.2, 0.25) is 0 Å². The molecule has 0 aliphatic carbocycles. The molecular formula is C14H18N2O3. The molecule has 0 aromatic carbocycles. The Morgan fingerprint density at radius 3 is 3.21 bits per heavy atom. The van der Waals surface area contributed by atoms with Crippen molar-refractivity contribution in [2.75, 3.05) is 19.7 Å². The molecule has 1 fully saturated rings.